The van der Waals surface area contributed by atoms with Gasteiger partial charge in [0, 0.05) is 23.5 Å². The molecule has 104 valence electrons. The number of ketones is 1. The van der Waals surface area contributed by atoms with Gasteiger partial charge in [0.05, 0.1) is 6.54 Å². The van der Waals surface area contributed by atoms with Crippen molar-refractivity contribution in [2.24, 2.45) is 0 Å². The number of carbonyl (C=O) groups is 1. The zero-order valence-corrected chi connectivity index (χ0v) is 12.6. The minimum atomic E-state index is 0.228. The van der Waals surface area contributed by atoms with Crippen molar-refractivity contribution < 1.29 is 4.79 Å². The molecule has 0 saturated carbocycles. The Labute approximate surface area is 124 Å². The highest BCUT2D eigenvalue weighted by atomic mass is 32.1. The van der Waals surface area contributed by atoms with Crippen molar-refractivity contribution in [3.05, 3.63) is 57.3 Å². The second-order valence-corrected chi connectivity index (χ2v) is 6.30. The first kappa shape index (κ1) is 13.5. The number of hydrogen-bond acceptors (Lipinski definition) is 3. The lowest BCUT2D eigenvalue weighted by Crippen LogP contribution is -2.34. The minimum absolute atomic E-state index is 0.228. The highest BCUT2D eigenvalue weighted by Gasteiger charge is 2.19. The lowest BCUT2D eigenvalue weighted by atomic mass is 10.0. The van der Waals surface area contributed by atoms with E-state index in [0.29, 0.717) is 6.54 Å². The Hall–Kier alpha value is -1.45. The topological polar surface area (TPSA) is 20.3 Å². The molecule has 0 fully saturated rings. The summed E-state index contributed by atoms with van der Waals surface area (Å²) in [4.78, 5) is 16.1. The fourth-order valence-electron chi connectivity index (χ4n) is 2.66. The van der Waals surface area contributed by atoms with Gasteiger partial charge in [-0.25, -0.2) is 0 Å². The molecule has 0 unspecified atom stereocenters. The van der Waals surface area contributed by atoms with Crippen LogP contribution in [0, 0.1) is 0 Å². The summed E-state index contributed by atoms with van der Waals surface area (Å²) in [6, 6.07) is 10.2. The molecule has 0 spiro atoms. The van der Waals surface area contributed by atoms with Crippen molar-refractivity contribution in [1.82, 2.24) is 4.90 Å². The number of hydrogen-bond donors (Lipinski definition) is 0. The van der Waals surface area contributed by atoms with Crippen LogP contribution in [0.15, 0.2) is 35.7 Å². The molecule has 0 bridgehead atoms. The normalized spacial score (nSPS) is 15.1. The standard InChI is InChI=1S/C17H19NOS/c1-2-13-3-5-14(6-4-13)16(19)12-18-9-7-17-15(11-18)8-10-20-17/h3-6,8,10H,2,7,9,11-12H2,1H3. The van der Waals surface area contributed by atoms with Crippen molar-refractivity contribution in [1.29, 1.82) is 0 Å². The van der Waals surface area contributed by atoms with Crippen molar-refractivity contribution in [3.8, 4) is 0 Å². The van der Waals surface area contributed by atoms with E-state index in [9.17, 15) is 4.79 Å². The fraction of sp³-hybridized carbons (Fsp3) is 0.353. The third-order valence-corrected chi connectivity index (χ3v) is 4.96. The van der Waals surface area contributed by atoms with Crippen LogP contribution in [0.5, 0.6) is 0 Å². The van der Waals surface area contributed by atoms with E-state index in [-0.39, 0.29) is 5.78 Å². The molecule has 3 heteroatoms. The quantitative estimate of drug-likeness (QED) is 0.801. The molecule has 1 aromatic heterocycles. The first-order valence-electron chi connectivity index (χ1n) is 7.16. The van der Waals surface area contributed by atoms with Gasteiger partial charge in [-0.15, -0.1) is 11.3 Å². The van der Waals surface area contributed by atoms with Gasteiger partial charge < -0.3 is 0 Å². The molecule has 1 aromatic carbocycles. The first-order chi connectivity index (χ1) is 9.76. The average Bonchev–Trinajstić information content (AvgIpc) is 2.95. The lowest BCUT2D eigenvalue weighted by Gasteiger charge is -2.26. The number of rotatable bonds is 4. The van der Waals surface area contributed by atoms with E-state index in [4.69, 9.17) is 0 Å². The summed E-state index contributed by atoms with van der Waals surface area (Å²) in [5.41, 5.74) is 3.51. The first-order valence-corrected chi connectivity index (χ1v) is 8.04. The van der Waals surface area contributed by atoms with E-state index in [1.807, 2.05) is 23.5 Å². The van der Waals surface area contributed by atoms with E-state index in [0.717, 1.165) is 31.5 Å². The number of carbonyl (C=O) groups excluding carboxylic acids is 1. The van der Waals surface area contributed by atoms with E-state index < -0.39 is 0 Å². The van der Waals surface area contributed by atoms with Crippen molar-refractivity contribution >= 4 is 17.1 Å². The number of thiophene rings is 1. The summed E-state index contributed by atoms with van der Waals surface area (Å²) in [6.07, 6.45) is 2.09. The smallest absolute Gasteiger partial charge is 0.176 e. The molecule has 0 saturated heterocycles. The Balaban J connectivity index is 1.64. The molecule has 2 aromatic rings. The van der Waals surface area contributed by atoms with Crippen molar-refractivity contribution in [2.75, 3.05) is 13.1 Å². The van der Waals surface area contributed by atoms with E-state index >= 15 is 0 Å². The summed E-state index contributed by atoms with van der Waals surface area (Å²) in [6.45, 7) is 4.56. The van der Waals surface area contributed by atoms with Crippen LogP contribution in [0.4, 0.5) is 0 Å². The van der Waals surface area contributed by atoms with Crippen LogP contribution in [-0.4, -0.2) is 23.8 Å². The number of fused-ring (bicyclic) bond motifs is 1. The monoisotopic (exact) mass is 285 g/mol. The van der Waals surface area contributed by atoms with Gasteiger partial charge in [0.15, 0.2) is 5.78 Å². The van der Waals surface area contributed by atoms with Crippen LogP contribution in [0.1, 0.15) is 33.3 Å². The van der Waals surface area contributed by atoms with E-state index in [2.05, 4.69) is 35.4 Å². The second kappa shape index (κ2) is 5.90. The summed E-state index contributed by atoms with van der Waals surface area (Å²) < 4.78 is 0. The molecule has 0 atom stereocenters. The van der Waals surface area contributed by atoms with E-state index in [1.165, 1.54) is 16.0 Å². The van der Waals surface area contributed by atoms with E-state index in [1.54, 1.807) is 0 Å². The predicted molar refractivity (Wildman–Crippen MR) is 83.5 cm³/mol. The van der Waals surface area contributed by atoms with Crippen LogP contribution < -0.4 is 0 Å². The van der Waals surface area contributed by atoms with Crippen LogP contribution in [0.2, 0.25) is 0 Å². The third-order valence-electron chi connectivity index (χ3n) is 3.94. The van der Waals surface area contributed by atoms with Crippen molar-refractivity contribution in [2.45, 2.75) is 26.3 Å². The molecule has 3 rings (SSSR count). The largest absolute Gasteiger partial charge is 0.293 e. The average molecular weight is 285 g/mol. The molecule has 20 heavy (non-hydrogen) atoms. The highest BCUT2D eigenvalue weighted by molar-refractivity contribution is 7.10. The molecule has 1 aliphatic heterocycles. The van der Waals surface area contributed by atoms with Crippen LogP contribution >= 0.6 is 11.3 Å². The maximum atomic E-state index is 12.3. The molecular weight excluding hydrogens is 266 g/mol. The summed E-state index contributed by atoms with van der Waals surface area (Å²) in [5, 5.41) is 2.15. The predicted octanol–water partition coefficient (Wildman–Crippen LogP) is 3.55. The molecule has 0 aliphatic carbocycles. The number of aryl methyl sites for hydroxylation is 1. The van der Waals surface area contributed by atoms with Gasteiger partial charge in [0.2, 0.25) is 0 Å². The van der Waals surface area contributed by atoms with Gasteiger partial charge in [-0.1, -0.05) is 31.2 Å². The Morgan fingerprint density at radius 1 is 1.25 bits per heavy atom. The Kier molecular flexibility index (Phi) is 3.99. The molecule has 2 nitrogen and oxygen atoms in total. The lowest BCUT2D eigenvalue weighted by molar-refractivity contribution is 0.0922. The molecule has 0 amide bonds. The van der Waals surface area contributed by atoms with Gasteiger partial charge in [-0.3, -0.25) is 9.69 Å². The number of benzene rings is 1. The summed E-state index contributed by atoms with van der Waals surface area (Å²) in [7, 11) is 0. The van der Waals surface area contributed by atoms with Crippen molar-refractivity contribution in [3.63, 3.8) is 0 Å². The zero-order valence-electron chi connectivity index (χ0n) is 11.8. The summed E-state index contributed by atoms with van der Waals surface area (Å²) in [5.74, 6) is 0.228. The fourth-order valence-corrected chi connectivity index (χ4v) is 3.55. The molecule has 2 heterocycles. The number of Topliss-reactive ketones (excluding diaryl/α,β-unsaturated/α-hetero) is 1. The zero-order chi connectivity index (χ0) is 13.9. The van der Waals surface area contributed by atoms with Crippen LogP contribution in [-0.2, 0) is 19.4 Å². The molecule has 0 radical (unpaired) electrons. The SMILES string of the molecule is CCc1ccc(C(=O)CN2CCc3sccc3C2)cc1. The second-order valence-electron chi connectivity index (χ2n) is 5.30. The third kappa shape index (κ3) is 2.84. The van der Waals surface area contributed by atoms with Gasteiger partial charge in [-0.2, -0.15) is 0 Å². The molecule has 0 N–H and O–H groups in total. The summed E-state index contributed by atoms with van der Waals surface area (Å²) >= 11 is 1.84. The van der Waals surface area contributed by atoms with Crippen LogP contribution in [0.3, 0.4) is 0 Å². The maximum Gasteiger partial charge on any atom is 0.176 e. The minimum Gasteiger partial charge on any atom is -0.293 e. The number of nitrogens with zero attached hydrogens (tertiary/aromatic N) is 1. The van der Waals surface area contributed by atoms with Gasteiger partial charge in [0.1, 0.15) is 0 Å². The maximum absolute atomic E-state index is 12.3. The Morgan fingerprint density at radius 2 is 2.05 bits per heavy atom. The van der Waals surface area contributed by atoms with Gasteiger partial charge >= 0.3 is 0 Å². The molecule has 1 aliphatic rings. The highest BCUT2D eigenvalue weighted by Crippen LogP contribution is 2.24. The Bertz CT molecular complexity index is 600. The molecular formula is C17H19NOS. The van der Waals surface area contributed by atoms with Crippen LogP contribution in [0.25, 0.3) is 0 Å². The Morgan fingerprint density at radius 3 is 2.80 bits per heavy atom. The van der Waals surface area contributed by atoms with Gasteiger partial charge in [0.25, 0.3) is 0 Å². The van der Waals surface area contributed by atoms with Gasteiger partial charge in [-0.05, 0) is 35.4 Å².